The van der Waals surface area contributed by atoms with Crippen molar-refractivity contribution in [2.75, 3.05) is 12.0 Å². The number of carbonyl (C=O) groups is 3. The van der Waals surface area contributed by atoms with Crippen LogP contribution in [0.25, 0.3) is 6.08 Å². The van der Waals surface area contributed by atoms with Crippen LogP contribution >= 0.6 is 11.6 Å². The monoisotopic (exact) mass is 462 g/mol. The first-order valence-corrected chi connectivity index (χ1v) is 10.4. The molecule has 0 unspecified atom stereocenters. The Morgan fingerprint density at radius 1 is 0.939 bits per heavy atom. The first-order valence-electron chi connectivity index (χ1n) is 9.97. The molecular formula is C25H19ClN2O5. The number of methoxy groups -OCH3 is 1. The van der Waals surface area contributed by atoms with E-state index >= 15 is 0 Å². The Hall–Kier alpha value is -4.10. The van der Waals surface area contributed by atoms with Crippen LogP contribution in [-0.2, 0) is 16.2 Å². The molecule has 1 aliphatic heterocycles. The lowest BCUT2D eigenvalue weighted by Crippen LogP contribution is -2.54. The molecule has 0 radical (unpaired) electrons. The molecule has 7 nitrogen and oxygen atoms in total. The van der Waals surface area contributed by atoms with Crippen molar-refractivity contribution < 1.29 is 23.9 Å². The van der Waals surface area contributed by atoms with E-state index in [2.05, 4.69) is 5.32 Å². The van der Waals surface area contributed by atoms with E-state index in [1.165, 1.54) is 13.2 Å². The molecule has 3 aromatic rings. The number of benzene rings is 3. The predicted octanol–water partition coefficient (Wildman–Crippen LogP) is 4.59. The Balaban J connectivity index is 1.52. The van der Waals surface area contributed by atoms with Gasteiger partial charge in [0.25, 0.3) is 11.8 Å². The van der Waals surface area contributed by atoms with Crippen LogP contribution in [0.5, 0.6) is 11.5 Å². The second kappa shape index (κ2) is 9.58. The smallest absolute Gasteiger partial charge is 0.335 e. The summed E-state index contributed by atoms with van der Waals surface area (Å²) in [5.74, 6) is -0.342. The van der Waals surface area contributed by atoms with Crippen molar-refractivity contribution in [3.8, 4) is 11.5 Å². The maximum absolute atomic E-state index is 13.0. The van der Waals surface area contributed by atoms with Gasteiger partial charge in [0, 0.05) is 5.02 Å². The van der Waals surface area contributed by atoms with E-state index in [-0.39, 0.29) is 5.57 Å². The normalized spacial score (nSPS) is 14.9. The number of rotatable bonds is 6. The molecule has 166 valence electrons. The zero-order valence-electron chi connectivity index (χ0n) is 17.6. The lowest BCUT2D eigenvalue weighted by atomic mass is 10.1. The van der Waals surface area contributed by atoms with E-state index in [0.717, 1.165) is 10.5 Å². The summed E-state index contributed by atoms with van der Waals surface area (Å²) in [5.41, 5.74) is 1.68. The number of nitrogens with zero attached hydrogens (tertiary/aromatic N) is 1. The maximum Gasteiger partial charge on any atom is 0.335 e. The number of halogens is 1. The highest BCUT2D eigenvalue weighted by atomic mass is 35.5. The summed E-state index contributed by atoms with van der Waals surface area (Å²) in [4.78, 5) is 38.7. The van der Waals surface area contributed by atoms with E-state index in [1.54, 1.807) is 60.7 Å². The highest BCUT2D eigenvalue weighted by Gasteiger charge is 2.36. The van der Waals surface area contributed by atoms with Gasteiger partial charge in [0.1, 0.15) is 23.7 Å². The van der Waals surface area contributed by atoms with Gasteiger partial charge in [-0.25, -0.2) is 9.69 Å². The number of imide groups is 2. The van der Waals surface area contributed by atoms with Crippen molar-refractivity contribution in [3.05, 3.63) is 94.5 Å². The van der Waals surface area contributed by atoms with Crippen molar-refractivity contribution in [3.63, 3.8) is 0 Å². The third-order valence-corrected chi connectivity index (χ3v) is 5.17. The SMILES string of the molecule is COc1cccc(/C=C2/C(=O)NC(=O)N(c3ccc(OCc4ccc(Cl)cc4)cc3)C2=O)c1. The molecule has 1 heterocycles. The first-order chi connectivity index (χ1) is 15.9. The van der Waals surface area contributed by atoms with Gasteiger partial charge >= 0.3 is 6.03 Å². The molecular weight excluding hydrogens is 444 g/mol. The third kappa shape index (κ3) is 5.05. The molecule has 3 aromatic carbocycles. The summed E-state index contributed by atoms with van der Waals surface area (Å²) in [6.07, 6.45) is 1.42. The zero-order valence-corrected chi connectivity index (χ0v) is 18.3. The number of barbiturate groups is 1. The Labute approximate surface area is 195 Å². The molecule has 0 spiro atoms. The Kier molecular flexibility index (Phi) is 6.42. The van der Waals surface area contributed by atoms with Crippen LogP contribution in [0.2, 0.25) is 5.02 Å². The van der Waals surface area contributed by atoms with Crippen LogP contribution in [-0.4, -0.2) is 25.0 Å². The minimum absolute atomic E-state index is 0.161. The van der Waals surface area contributed by atoms with Gasteiger partial charge in [-0.2, -0.15) is 0 Å². The highest BCUT2D eigenvalue weighted by molar-refractivity contribution is 6.39. The van der Waals surface area contributed by atoms with Crippen LogP contribution in [0.3, 0.4) is 0 Å². The van der Waals surface area contributed by atoms with Gasteiger partial charge in [0.15, 0.2) is 0 Å². The third-order valence-electron chi connectivity index (χ3n) is 4.92. The standard InChI is InChI=1S/C25H19ClN2O5/c1-32-21-4-2-3-17(13-21)14-22-23(29)27-25(31)28(24(22)30)19-9-11-20(12-10-19)33-15-16-5-7-18(26)8-6-16/h2-14H,15H2,1H3,(H,27,29,31)/b22-14-. The van der Waals surface area contributed by atoms with Crippen molar-refractivity contribution in [1.29, 1.82) is 0 Å². The van der Waals surface area contributed by atoms with E-state index in [0.29, 0.717) is 34.4 Å². The van der Waals surface area contributed by atoms with Gasteiger partial charge in [0.2, 0.25) is 0 Å². The minimum Gasteiger partial charge on any atom is -0.497 e. The summed E-state index contributed by atoms with van der Waals surface area (Å²) in [5, 5.41) is 2.85. The molecule has 8 heteroatoms. The molecule has 1 saturated heterocycles. The van der Waals surface area contributed by atoms with E-state index < -0.39 is 17.8 Å². The highest BCUT2D eigenvalue weighted by Crippen LogP contribution is 2.25. The molecule has 0 aromatic heterocycles. The van der Waals surface area contributed by atoms with Crippen molar-refractivity contribution in [1.82, 2.24) is 5.32 Å². The maximum atomic E-state index is 13.0. The predicted molar refractivity (Wildman–Crippen MR) is 124 cm³/mol. The molecule has 1 N–H and O–H groups in total. The number of hydrogen-bond donors (Lipinski definition) is 1. The van der Waals surface area contributed by atoms with Gasteiger partial charge in [-0.15, -0.1) is 0 Å². The van der Waals surface area contributed by atoms with Crippen LogP contribution in [0.1, 0.15) is 11.1 Å². The molecule has 1 fully saturated rings. The Bertz CT molecular complexity index is 1240. The van der Waals surface area contributed by atoms with E-state index in [1.807, 2.05) is 12.1 Å². The molecule has 0 aliphatic carbocycles. The zero-order chi connectivity index (χ0) is 23.4. The molecule has 1 aliphatic rings. The number of anilines is 1. The largest absolute Gasteiger partial charge is 0.497 e. The summed E-state index contributed by atoms with van der Waals surface area (Å²) >= 11 is 5.89. The molecule has 0 atom stereocenters. The molecule has 4 rings (SSSR count). The van der Waals surface area contributed by atoms with Crippen LogP contribution < -0.4 is 19.7 Å². The topological polar surface area (TPSA) is 84.9 Å². The van der Waals surface area contributed by atoms with Crippen molar-refractivity contribution >= 4 is 41.2 Å². The first kappa shape index (κ1) is 22.1. The summed E-state index contributed by atoms with van der Waals surface area (Å²) in [7, 11) is 1.52. The average Bonchev–Trinajstić information content (AvgIpc) is 2.82. The Morgan fingerprint density at radius 2 is 1.67 bits per heavy atom. The molecule has 33 heavy (non-hydrogen) atoms. The molecule has 0 saturated carbocycles. The van der Waals surface area contributed by atoms with E-state index in [4.69, 9.17) is 21.1 Å². The number of amides is 4. The van der Waals surface area contributed by atoms with Crippen LogP contribution in [0.15, 0.2) is 78.4 Å². The van der Waals surface area contributed by atoms with Crippen LogP contribution in [0.4, 0.5) is 10.5 Å². The van der Waals surface area contributed by atoms with Gasteiger partial charge in [0.05, 0.1) is 12.8 Å². The molecule has 4 amide bonds. The number of nitrogens with one attached hydrogen (secondary N) is 1. The number of ether oxygens (including phenoxy) is 2. The Morgan fingerprint density at radius 3 is 2.36 bits per heavy atom. The fraction of sp³-hybridized carbons (Fsp3) is 0.0800. The average molecular weight is 463 g/mol. The summed E-state index contributed by atoms with van der Waals surface area (Å²) in [6, 6.07) is 19.8. The number of urea groups is 1. The van der Waals surface area contributed by atoms with Gasteiger partial charge in [-0.05, 0) is 65.7 Å². The summed E-state index contributed by atoms with van der Waals surface area (Å²) in [6.45, 7) is 0.335. The quantitative estimate of drug-likeness (QED) is 0.427. The lowest BCUT2D eigenvalue weighted by Gasteiger charge is -2.26. The molecule has 0 bridgehead atoms. The van der Waals surface area contributed by atoms with Crippen molar-refractivity contribution in [2.45, 2.75) is 6.61 Å². The minimum atomic E-state index is -0.817. The fourth-order valence-electron chi connectivity index (χ4n) is 3.23. The number of hydrogen-bond acceptors (Lipinski definition) is 5. The van der Waals surface area contributed by atoms with Crippen molar-refractivity contribution in [2.24, 2.45) is 0 Å². The number of carbonyl (C=O) groups excluding carboxylic acids is 3. The van der Waals surface area contributed by atoms with Crippen LogP contribution in [0, 0.1) is 0 Å². The van der Waals surface area contributed by atoms with E-state index in [9.17, 15) is 14.4 Å². The second-order valence-electron chi connectivity index (χ2n) is 7.14. The lowest BCUT2D eigenvalue weighted by molar-refractivity contribution is -0.122. The summed E-state index contributed by atoms with van der Waals surface area (Å²) < 4.78 is 10.9. The van der Waals surface area contributed by atoms with Gasteiger partial charge in [-0.1, -0.05) is 35.9 Å². The van der Waals surface area contributed by atoms with Gasteiger partial charge < -0.3 is 9.47 Å². The fourth-order valence-corrected chi connectivity index (χ4v) is 3.35. The van der Waals surface area contributed by atoms with Gasteiger partial charge in [-0.3, -0.25) is 14.9 Å². The second-order valence-corrected chi connectivity index (χ2v) is 7.58.